The van der Waals surface area contributed by atoms with Crippen LogP contribution in [0.1, 0.15) is 49.8 Å². The van der Waals surface area contributed by atoms with Crippen molar-refractivity contribution >= 4 is 5.97 Å². The third-order valence-corrected chi connectivity index (χ3v) is 5.01. The highest BCUT2D eigenvalue weighted by molar-refractivity contribution is 5.75. The van der Waals surface area contributed by atoms with Crippen LogP contribution in [0.5, 0.6) is 0 Å². The zero-order chi connectivity index (χ0) is 16.8. The molecule has 1 aliphatic rings. The molecule has 0 spiro atoms. The second kappa shape index (κ2) is 8.14. The van der Waals surface area contributed by atoms with E-state index >= 15 is 0 Å². The van der Waals surface area contributed by atoms with Gasteiger partial charge in [-0.05, 0) is 24.0 Å². The number of cyclic esters (lactones) is 1. The van der Waals surface area contributed by atoms with Gasteiger partial charge in [-0.25, -0.2) is 0 Å². The molecule has 0 amide bonds. The number of benzene rings is 2. The fourth-order valence-corrected chi connectivity index (χ4v) is 3.73. The lowest BCUT2D eigenvalue weighted by Crippen LogP contribution is -2.20. The number of carbonyl (C=O) groups excluding carboxylic acids is 1. The first-order valence-electron chi connectivity index (χ1n) is 9.09. The van der Waals surface area contributed by atoms with Gasteiger partial charge in [0.1, 0.15) is 6.10 Å². The predicted molar refractivity (Wildman–Crippen MR) is 96.5 cm³/mol. The normalized spacial score (nSPS) is 23.2. The molecule has 0 aliphatic carbocycles. The summed E-state index contributed by atoms with van der Waals surface area (Å²) < 4.78 is 5.84. The van der Waals surface area contributed by atoms with E-state index in [4.69, 9.17) is 4.74 Å². The molecule has 0 radical (unpaired) electrons. The van der Waals surface area contributed by atoms with Gasteiger partial charge in [0.15, 0.2) is 0 Å². The van der Waals surface area contributed by atoms with Crippen LogP contribution in [0, 0.1) is 11.8 Å². The topological polar surface area (TPSA) is 26.3 Å². The molecule has 1 saturated heterocycles. The fourth-order valence-electron chi connectivity index (χ4n) is 3.73. The summed E-state index contributed by atoms with van der Waals surface area (Å²) in [5, 5.41) is 0. The first kappa shape index (κ1) is 16.8. The Hall–Kier alpha value is -2.09. The largest absolute Gasteiger partial charge is 0.457 e. The van der Waals surface area contributed by atoms with Gasteiger partial charge in [-0.1, -0.05) is 86.8 Å². The number of esters is 1. The van der Waals surface area contributed by atoms with Crippen molar-refractivity contribution in [3.8, 4) is 0 Å². The summed E-state index contributed by atoms with van der Waals surface area (Å²) >= 11 is 0. The van der Waals surface area contributed by atoms with Crippen LogP contribution in [-0.4, -0.2) is 5.97 Å². The lowest BCUT2D eigenvalue weighted by Gasteiger charge is -2.21. The molecule has 2 aromatic carbocycles. The Morgan fingerprint density at radius 2 is 1.58 bits per heavy atom. The Labute approximate surface area is 144 Å². The summed E-state index contributed by atoms with van der Waals surface area (Å²) in [5.41, 5.74) is 2.40. The molecule has 0 unspecified atom stereocenters. The van der Waals surface area contributed by atoms with E-state index in [9.17, 15) is 4.79 Å². The third-order valence-electron chi connectivity index (χ3n) is 5.01. The van der Waals surface area contributed by atoms with Crippen molar-refractivity contribution in [2.45, 2.75) is 45.1 Å². The van der Waals surface area contributed by atoms with Gasteiger partial charge in [-0.3, -0.25) is 4.79 Å². The Morgan fingerprint density at radius 3 is 2.25 bits per heavy atom. The lowest BCUT2D eigenvalue weighted by atomic mass is 9.80. The van der Waals surface area contributed by atoms with Crippen LogP contribution in [-0.2, 0) is 16.0 Å². The summed E-state index contributed by atoms with van der Waals surface area (Å²) in [5.74, 6) is 0.224. The molecule has 1 heterocycles. The molecule has 2 heteroatoms. The summed E-state index contributed by atoms with van der Waals surface area (Å²) in [6.45, 7) is 2.20. The Morgan fingerprint density at radius 1 is 0.917 bits per heavy atom. The Balaban J connectivity index is 1.83. The van der Waals surface area contributed by atoms with Crippen molar-refractivity contribution < 1.29 is 9.53 Å². The molecule has 126 valence electrons. The second-order valence-electron chi connectivity index (χ2n) is 6.72. The average Bonchev–Trinajstić information content (AvgIpc) is 2.93. The molecular weight excluding hydrogens is 296 g/mol. The maximum absolute atomic E-state index is 12.5. The van der Waals surface area contributed by atoms with Crippen LogP contribution in [0.3, 0.4) is 0 Å². The predicted octanol–water partition coefficient (Wildman–Crippen LogP) is 5.34. The molecule has 0 saturated carbocycles. The minimum Gasteiger partial charge on any atom is -0.457 e. The van der Waals surface area contributed by atoms with Gasteiger partial charge < -0.3 is 4.74 Å². The first-order valence-corrected chi connectivity index (χ1v) is 9.09. The van der Waals surface area contributed by atoms with Gasteiger partial charge in [-0.2, -0.15) is 0 Å². The summed E-state index contributed by atoms with van der Waals surface area (Å²) in [7, 11) is 0. The summed E-state index contributed by atoms with van der Waals surface area (Å²) in [4.78, 5) is 12.5. The second-order valence-corrected chi connectivity index (χ2v) is 6.72. The van der Waals surface area contributed by atoms with Gasteiger partial charge >= 0.3 is 5.97 Å². The Kier molecular flexibility index (Phi) is 5.68. The van der Waals surface area contributed by atoms with Crippen LogP contribution in [0.2, 0.25) is 0 Å². The SMILES string of the molecule is CCCCC[C@H]1C(=O)O[C@@H](c2ccccc2)[C@H]1Cc1ccccc1. The van der Waals surface area contributed by atoms with Crippen molar-refractivity contribution in [1.82, 2.24) is 0 Å². The van der Waals surface area contributed by atoms with Crippen LogP contribution in [0.15, 0.2) is 60.7 Å². The lowest BCUT2D eigenvalue weighted by molar-refractivity contribution is -0.144. The van der Waals surface area contributed by atoms with E-state index in [2.05, 4.69) is 43.3 Å². The zero-order valence-corrected chi connectivity index (χ0v) is 14.4. The maximum atomic E-state index is 12.5. The number of carbonyl (C=O) groups is 1. The molecule has 1 fully saturated rings. The highest BCUT2D eigenvalue weighted by Gasteiger charge is 2.44. The molecule has 0 N–H and O–H groups in total. The quantitative estimate of drug-likeness (QED) is 0.508. The number of unbranched alkanes of at least 4 members (excludes halogenated alkanes) is 2. The maximum Gasteiger partial charge on any atom is 0.310 e. The van der Waals surface area contributed by atoms with Crippen LogP contribution >= 0.6 is 0 Å². The molecular formula is C22H26O2. The number of hydrogen-bond acceptors (Lipinski definition) is 2. The van der Waals surface area contributed by atoms with Crippen LogP contribution in [0.25, 0.3) is 0 Å². The van der Waals surface area contributed by atoms with Crippen LogP contribution < -0.4 is 0 Å². The van der Waals surface area contributed by atoms with Gasteiger partial charge in [-0.15, -0.1) is 0 Å². The minimum absolute atomic E-state index is 0.0131. The van der Waals surface area contributed by atoms with Gasteiger partial charge in [0.25, 0.3) is 0 Å². The highest BCUT2D eigenvalue weighted by atomic mass is 16.6. The van der Waals surface area contributed by atoms with E-state index < -0.39 is 0 Å². The molecule has 24 heavy (non-hydrogen) atoms. The zero-order valence-electron chi connectivity index (χ0n) is 14.4. The van der Waals surface area contributed by atoms with E-state index in [0.717, 1.165) is 24.8 Å². The third kappa shape index (κ3) is 3.87. The number of hydrogen-bond donors (Lipinski definition) is 0. The summed E-state index contributed by atoms with van der Waals surface area (Å²) in [6.07, 6.45) is 5.16. The standard InChI is InChI=1S/C22H26O2/c1-2-3-6-15-19-20(16-17-11-7-4-8-12-17)21(24-22(19)23)18-13-9-5-10-14-18/h4-5,7-14,19-21H,2-3,6,15-16H2,1H3/t19-,20+,21+/m1/s1. The molecule has 3 atom stereocenters. The Bertz CT molecular complexity index is 636. The smallest absolute Gasteiger partial charge is 0.310 e. The highest BCUT2D eigenvalue weighted by Crippen LogP contribution is 2.43. The van der Waals surface area contributed by atoms with Crippen molar-refractivity contribution in [3.05, 3.63) is 71.8 Å². The van der Waals surface area contributed by atoms with E-state index in [1.807, 2.05) is 24.3 Å². The number of rotatable bonds is 7. The molecule has 3 rings (SSSR count). The number of ether oxygens (including phenoxy) is 1. The first-order chi connectivity index (χ1) is 11.8. The monoisotopic (exact) mass is 322 g/mol. The summed E-state index contributed by atoms with van der Waals surface area (Å²) in [6, 6.07) is 20.7. The van der Waals surface area contributed by atoms with Crippen LogP contribution in [0.4, 0.5) is 0 Å². The fraction of sp³-hybridized carbons (Fsp3) is 0.409. The van der Waals surface area contributed by atoms with Crippen molar-refractivity contribution in [2.75, 3.05) is 0 Å². The van der Waals surface area contributed by atoms with E-state index in [1.54, 1.807) is 0 Å². The molecule has 1 aliphatic heterocycles. The molecule has 2 nitrogen and oxygen atoms in total. The van der Waals surface area contributed by atoms with Crippen molar-refractivity contribution in [3.63, 3.8) is 0 Å². The van der Waals surface area contributed by atoms with Gasteiger partial charge in [0.05, 0.1) is 5.92 Å². The molecule has 2 aromatic rings. The average molecular weight is 322 g/mol. The molecule has 0 bridgehead atoms. The molecule has 0 aromatic heterocycles. The van der Waals surface area contributed by atoms with Gasteiger partial charge in [0.2, 0.25) is 0 Å². The minimum atomic E-state index is -0.120. The van der Waals surface area contributed by atoms with Gasteiger partial charge in [0, 0.05) is 5.92 Å². The van der Waals surface area contributed by atoms with E-state index in [1.165, 1.54) is 18.4 Å². The van der Waals surface area contributed by atoms with Crippen molar-refractivity contribution in [1.29, 1.82) is 0 Å². The van der Waals surface area contributed by atoms with E-state index in [-0.39, 0.29) is 23.9 Å². The van der Waals surface area contributed by atoms with E-state index in [0.29, 0.717) is 0 Å². The van der Waals surface area contributed by atoms with Crippen molar-refractivity contribution in [2.24, 2.45) is 11.8 Å².